The highest BCUT2D eigenvalue weighted by Gasteiger charge is 2.30. The summed E-state index contributed by atoms with van der Waals surface area (Å²) in [6.07, 6.45) is 3.90. The van der Waals surface area contributed by atoms with Crippen LogP contribution in [-0.4, -0.2) is 0 Å². The van der Waals surface area contributed by atoms with E-state index in [2.05, 4.69) is 60.3 Å². The van der Waals surface area contributed by atoms with Gasteiger partial charge in [-0.25, -0.2) is 0 Å². The van der Waals surface area contributed by atoms with E-state index >= 15 is 0 Å². The van der Waals surface area contributed by atoms with E-state index in [4.69, 9.17) is 5.84 Å². The van der Waals surface area contributed by atoms with Crippen LogP contribution in [-0.2, 0) is 0 Å². The van der Waals surface area contributed by atoms with Crippen molar-refractivity contribution in [2.45, 2.75) is 46.1 Å². The number of nitrogens with two attached hydrogens (primary N) is 1. The lowest BCUT2D eigenvalue weighted by Crippen LogP contribution is -2.37. The summed E-state index contributed by atoms with van der Waals surface area (Å²) >= 11 is 3.53. The highest BCUT2D eigenvalue weighted by Crippen LogP contribution is 2.40. The molecule has 2 nitrogen and oxygen atoms in total. The van der Waals surface area contributed by atoms with Crippen LogP contribution in [0, 0.1) is 24.7 Å². The predicted octanol–water partition coefficient (Wildman–Crippen LogP) is 4.33. The second kappa shape index (κ2) is 6.38. The molecule has 1 saturated carbocycles. The number of hydrogen-bond acceptors (Lipinski definition) is 2. The maximum Gasteiger partial charge on any atom is 0.0490 e. The van der Waals surface area contributed by atoms with Gasteiger partial charge in [0.05, 0.1) is 0 Å². The minimum Gasteiger partial charge on any atom is -0.271 e. The molecule has 3 unspecified atom stereocenters. The zero-order chi connectivity index (χ0) is 14.0. The molecule has 0 radical (unpaired) electrons. The van der Waals surface area contributed by atoms with E-state index in [1.807, 2.05) is 0 Å². The molecule has 1 aromatic carbocycles. The minimum atomic E-state index is 0.276. The minimum absolute atomic E-state index is 0.276. The molecule has 0 spiro atoms. The number of rotatable bonds is 3. The quantitative estimate of drug-likeness (QED) is 0.641. The Balaban J connectivity index is 2.23. The highest BCUT2D eigenvalue weighted by molar-refractivity contribution is 9.10. The molecule has 1 aliphatic carbocycles. The fourth-order valence-electron chi connectivity index (χ4n) is 3.75. The van der Waals surface area contributed by atoms with Crippen LogP contribution in [0.4, 0.5) is 0 Å². The Kier molecular flexibility index (Phi) is 5.04. The summed E-state index contributed by atoms with van der Waals surface area (Å²) in [6.45, 7) is 6.90. The fourth-order valence-corrected chi connectivity index (χ4v) is 4.22. The average molecular weight is 325 g/mol. The molecular weight excluding hydrogens is 300 g/mol. The molecule has 106 valence electrons. The molecule has 3 heteroatoms. The lowest BCUT2D eigenvalue weighted by molar-refractivity contribution is 0.176. The van der Waals surface area contributed by atoms with Gasteiger partial charge in [0, 0.05) is 10.5 Å². The van der Waals surface area contributed by atoms with Crippen molar-refractivity contribution >= 4 is 15.9 Å². The van der Waals surface area contributed by atoms with Crippen molar-refractivity contribution < 1.29 is 0 Å². The van der Waals surface area contributed by atoms with E-state index in [1.54, 1.807) is 0 Å². The second-order valence-corrected chi connectivity index (χ2v) is 7.24. The van der Waals surface area contributed by atoms with Gasteiger partial charge < -0.3 is 0 Å². The van der Waals surface area contributed by atoms with Crippen LogP contribution < -0.4 is 11.3 Å². The van der Waals surface area contributed by atoms with E-state index in [9.17, 15) is 0 Å². The van der Waals surface area contributed by atoms with Crippen molar-refractivity contribution in [3.05, 3.63) is 33.8 Å². The Bertz CT molecular complexity index is 423. The van der Waals surface area contributed by atoms with Crippen LogP contribution in [0.3, 0.4) is 0 Å². The smallest absolute Gasteiger partial charge is 0.0490 e. The third kappa shape index (κ3) is 3.59. The summed E-state index contributed by atoms with van der Waals surface area (Å²) in [5.41, 5.74) is 5.73. The van der Waals surface area contributed by atoms with Gasteiger partial charge in [-0.2, -0.15) is 0 Å². The predicted molar refractivity (Wildman–Crippen MR) is 84.6 cm³/mol. The topological polar surface area (TPSA) is 38.0 Å². The van der Waals surface area contributed by atoms with E-state index in [0.717, 1.165) is 16.3 Å². The summed E-state index contributed by atoms with van der Waals surface area (Å²) < 4.78 is 1.13. The zero-order valence-corrected chi connectivity index (χ0v) is 13.7. The number of halogens is 1. The fraction of sp³-hybridized carbons (Fsp3) is 0.625. The lowest BCUT2D eigenvalue weighted by atomic mass is 9.72. The molecular formula is C16H25BrN2. The summed E-state index contributed by atoms with van der Waals surface area (Å²) in [5, 5.41) is 0. The van der Waals surface area contributed by atoms with Crippen molar-refractivity contribution in [1.82, 2.24) is 5.43 Å². The van der Waals surface area contributed by atoms with Gasteiger partial charge in [0.2, 0.25) is 0 Å². The largest absolute Gasteiger partial charge is 0.271 e. The van der Waals surface area contributed by atoms with Crippen molar-refractivity contribution in [3.63, 3.8) is 0 Å². The number of hydrazine groups is 1. The Morgan fingerprint density at radius 2 is 1.84 bits per heavy atom. The first-order valence-corrected chi connectivity index (χ1v) is 8.02. The standard InChI is InChI=1S/C16H25BrN2/c1-10-6-11(2)8-13(7-10)16(19-18)15-5-4-14(17)9-12(15)3/h4-5,9-11,13,16,19H,6-8,18H2,1-3H3. The monoisotopic (exact) mass is 324 g/mol. The number of aryl methyl sites for hydroxylation is 1. The van der Waals surface area contributed by atoms with Gasteiger partial charge in [-0.3, -0.25) is 11.3 Å². The molecule has 0 heterocycles. The van der Waals surface area contributed by atoms with Gasteiger partial charge in [-0.15, -0.1) is 0 Å². The Morgan fingerprint density at radius 1 is 1.21 bits per heavy atom. The van der Waals surface area contributed by atoms with E-state index < -0.39 is 0 Å². The number of hydrogen-bond donors (Lipinski definition) is 2. The van der Waals surface area contributed by atoms with Crippen LogP contribution in [0.15, 0.2) is 22.7 Å². The number of benzene rings is 1. The van der Waals surface area contributed by atoms with Crippen LogP contribution in [0.25, 0.3) is 0 Å². The maximum atomic E-state index is 5.87. The SMILES string of the molecule is Cc1cc(Br)ccc1C(NN)C1CC(C)CC(C)C1. The molecule has 1 fully saturated rings. The van der Waals surface area contributed by atoms with Crippen molar-refractivity contribution in [1.29, 1.82) is 0 Å². The van der Waals surface area contributed by atoms with Crippen molar-refractivity contribution in [2.24, 2.45) is 23.6 Å². The summed E-state index contributed by atoms with van der Waals surface area (Å²) in [4.78, 5) is 0. The number of nitrogens with one attached hydrogen (secondary N) is 1. The molecule has 1 aromatic rings. The summed E-state index contributed by atoms with van der Waals surface area (Å²) in [7, 11) is 0. The van der Waals surface area contributed by atoms with Gasteiger partial charge in [0.25, 0.3) is 0 Å². The molecule has 3 atom stereocenters. The third-order valence-electron chi connectivity index (χ3n) is 4.43. The van der Waals surface area contributed by atoms with E-state index in [0.29, 0.717) is 5.92 Å². The first-order valence-electron chi connectivity index (χ1n) is 7.23. The zero-order valence-electron chi connectivity index (χ0n) is 12.1. The van der Waals surface area contributed by atoms with Crippen LogP contribution in [0.2, 0.25) is 0 Å². The molecule has 0 saturated heterocycles. The van der Waals surface area contributed by atoms with Gasteiger partial charge in [0.1, 0.15) is 0 Å². The summed E-state index contributed by atoms with van der Waals surface area (Å²) in [5.74, 6) is 8.13. The molecule has 3 N–H and O–H groups in total. The summed E-state index contributed by atoms with van der Waals surface area (Å²) in [6, 6.07) is 6.77. The van der Waals surface area contributed by atoms with Gasteiger partial charge >= 0.3 is 0 Å². The lowest BCUT2D eigenvalue weighted by Gasteiger charge is -2.37. The molecule has 0 amide bonds. The average Bonchev–Trinajstić information content (AvgIpc) is 2.31. The maximum absolute atomic E-state index is 5.87. The second-order valence-electron chi connectivity index (χ2n) is 6.32. The Hall–Kier alpha value is -0.380. The molecule has 1 aliphatic rings. The Labute approximate surface area is 125 Å². The van der Waals surface area contributed by atoms with E-state index in [1.165, 1.54) is 30.4 Å². The highest BCUT2D eigenvalue weighted by atomic mass is 79.9. The van der Waals surface area contributed by atoms with Gasteiger partial charge in [-0.1, -0.05) is 35.8 Å². The van der Waals surface area contributed by atoms with Crippen LogP contribution in [0.5, 0.6) is 0 Å². The molecule has 0 aromatic heterocycles. The van der Waals surface area contributed by atoms with Crippen molar-refractivity contribution in [3.8, 4) is 0 Å². The van der Waals surface area contributed by atoms with E-state index in [-0.39, 0.29) is 6.04 Å². The van der Waals surface area contributed by atoms with Crippen LogP contribution in [0.1, 0.15) is 50.3 Å². The Morgan fingerprint density at radius 3 is 2.37 bits per heavy atom. The first-order chi connectivity index (χ1) is 9.01. The van der Waals surface area contributed by atoms with Crippen LogP contribution >= 0.6 is 15.9 Å². The van der Waals surface area contributed by atoms with Gasteiger partial charge in [-0.05, 0) is 67.2 Å². The molecule has 19 heavy (non-hydrogen) atoms. The first kappa shape index (κ1) is 15.0. The third-order valence-corrected chi connectivity index (χ3v) is 4.93. The van der Waals surface area contributed by atoms with Gasteiger partial charge in [0.15, 0.2) is 0 Å². The molecule has 2 rings (SSSR count). The van der Waals surface area contributed by atoms with Crippen molar-refractivity contribution in [2.75, 3.05) is 0 Å². The normalized spacial score (nSPS) is 29.2. The molecule has 0 aliphatic heterocycles. The molecule has 0 bridgehead atoms.